The summed E-state index contributed by atoms with van der Waals surface area (Å²) in [6.07, 6.45) is 0.863. The van der Waals surface area contributed by atoms with Gasteiger partial charge in [0.2, 0.25) is 0 Å². The van der Waals surface area contributed by atoms with E-state index in [0.717, 1.165) is 12.0 Å². The molecule has 0 saturated carbocycles. The quantitative estimate of drug-likeness (QED) is 0.530. The van der Waals surface area contributed by atoms with Crippen molar-refractivity contribution in [3.8, 4) is 5.75 Å². The van der Waals surface area contributed by atoms with Crippen molar-refractivity contribution in [2.24, 2.45) is 5.92 Å². The molecule has 8 nitrogen and oxygen atoms in total. The molecule has 2 atom stereocenters. The van der Waals surface area contributed by atoms with Gasteiger partial charge in [0, 0.05) is 24.8 Å². The highest BCUT2D eigenvalue weighted by Gasteiger charge is 2.34. The normalized spacial score (nSPS) is 16.1. The number of nitrogens with zero attached hydrogens (tertiary/aromatic N) is 2. The van der Waals surface area contributed by atoms with Crippen LogP contribution in [0.1, 0.15) is 50.0 Å². The molecule has 3 amide bonds. The molecule has 2 aromatic carbocycles. The predicted molar refractivity (Wildman–Crippen MR) is 140 cm³/mol. The summed E-state index contributed by atoms with van der Waals surface area (Å²) in [7, 11) is 1.30. The molecule has 0 fully saturated rings. The van der Waals surface area contributed by atoms with Crippen LogP contribution in [-0.2, 0) is 16.1 Å². The molecule has 1 aliphatic heterocycles. The number of rotatable bonds is 7. The molecule has 1 N–H and O–H groups in total. The zero-order valence-corrected chi connectivity index (χ0v) is 22.2. The van der Waals surface area contributed by atoms with E-state index in [1.54, 1.807) is 28.0 Å². The molecule has 3 rings (SSSR count). The summed E-state index contributed by atoms with van der Waals surface area (Å²) in [5.74, 6) is -0.311. The molecule has 2 aromatic rings. The minimum atomic E-state index is -0.779. The van der Waals surface area contributed by atoms with Crippen molar-refractivity contribution in [1.29, 1.82) is 0 Å². The van der Waals surface area contributed by atoms with Crippen molar-refractivity contribution in [2.75, 3.05) is 25.2 Å². The number of methoxy groups -OCH3 is 1. The number of urea groups is 1. The molecule has 0 radical (unpaired) electrons. The lowest BCUT2D eigenvalue weighted by molar-refractivity contribution is -0.144. The van der Waals surface area contributed by atoms with Crippen molar-refractivity contribution in [3.63, 3.8) is 0 Å². The van der Waals surface area contributed by atoms with Gasteiger partial charge in [0.15, 0.2) is 0 Å². The van der Waals surface area contributed by atoms with E-state index in [0.29, 0.717) is 28.6 Å². The third-order valence-electron chi connectivity index (χ3n) is 6.15. The van der Waals surface area contributed by atoms with Crippen molar-refractivity contribution in [1.82, 2.24) is 10.2 Å². The number of carbonyl (C=O) groups excluding carboxylic acids is 3. The second kappa shape index (κ2) is 12.1. The molecular weight excluding hydrogens is 482 g/mol. The second-order valence-corrected chi connectivity index (χ2v) is 9.61. The van der Waals surface area contributed by atoms with Crippen LogP contribution in [0.3, 0.4) is 0 Å². The molecule has 1 heterocycles. The second-order valence-electron chi connectivity index (χ2n) is 9.21. The number of anilines is 1. The lowest BCUT2D eigenvalue weighted by Gasteiger charge is -2.31. The van der Waals surface area contributed by atoms with E-state index in [-0.39, 0.29) is 31.0 Å². The Hall–Kier alpha value is -3.26. The smallest absolute Gasteiger partial charge is 0.328 e. The number of hydrogen-bond donors (Lipinski definition) is 1. The van der Waals surface area contributed by atoms with Crippen LogP contribution in [0.5, 0.6) is 5.75 Å². The van der Waals surface area contributed by atoms with Gasteiger partial charge in [0.05, 0.1) is 24.3 Å². The zero-order valence-electron chi connectivity index (χ0n) is 21.4. The van der Waals surface area contributed by atoms with Crippen LogP contribution >= 0.6 is 11.6 Å². The third kappa shape index (κ3) is 6.10. The maximum atomic E-state index is 13.7. The van der Waals surface area contributed by atoms with Gasteiger partial charge in [-0.05, 0) is 49.1 Å². The highest BCUT2D eigenvalue weighted by molar-refractivity contribution is 6.34. The summed E-state index contributed by atoms with van der Waals surface area (Å²) in [6, 6.07) is 11.0. The van der Waals surface area contributed by atoms with Gasteiger partial charge in [-0.1, -0.05) is 50.6 Å². The Morgan fingerprint density at radius 3 is 2.53 bits per heavy atom. The molecule has 1 aliphatic rings. The van der Waals surface area contributed by atoms with E-state index < -0.39 is 18.0 Å². The van der Waals surface area contributed by atoms with Crippen LogP contribution in [-0.4, -0.2) is 55.2 Å². The monoisotopic (exact) mass is 515 g/mol. The first-order valence-corrected chi connectivity index (χ1v) is 12.5. The Bertz CT molecular complexity index is 1110. The Morgan fingerprint density at radius 1 is 1.17 bits per heavy atom. The number of benzene rings is 2. The zero-order chi connectivity index (χ0) is 26.4. The van der Waals surface area contributed by atoms with E-state index >= 15 is 0 Å². The van der Waals surface area contributed by atoms with Crippen LogP contribution < -0.4 is 15.0 Å². The number of ether oxygens (including phenoxy) is 2. The van der Waals surface area contributed by atoms with E-state index in [1.807, 2.05) is 52.0 Å². The molecule has 0 aliphatic carbocycles. The summed E-state index contributed by atoms with van der Waals surface area (Å²) in [4.78, 5) is 42.5. The summed E-state index contributed by atoms with van der Waals surface area (Å²) >= 11 is 6.49. The molecule has 9 heteroatoms. The number of para-hydroxylation sites is 1. The Labute approximate surface area is 217 Å². The van der Waals surface area contributed by atoms with Gasteiger partial charge in [-0.3, -0.25) is 4.79 Å². The van der Waals surface area contributed by atoms with Crippen LogP contribution in [0.25, 0.3) is 0 Å². The maximum Gasteiger partial charge on any atom is 0.328 e. The molecule has 36 heavy (non-hydrogen) atoms. The van der Waals surface area contributed by atoms with Gasteiger partial charge < -0.3 is 24.6 Å². The standard InChI is InChI=1S/C27H34ClN3O5/c1-6-13-36-20-11-12-21(22(28)14-20)25(32)31-15-18(4)30(16-19-9-7-8-10-23(19)31)27(34)29-24(17(2)3)26(33)35-5/h7-12,14,17-18,24H,6,13,15-16H2,1-5H3,(H,29,34)/t18-,24+/m1/s1. The summed E-state index contributed by atoms with van der Waals surface area (Å²) < 4.78 is 10.5. The first-order chi connectivity index (χ1) is 17.2. The summed E-state index contributed by atoms with van der Waals surface area (Å²) in [5.41, 5.74) is 1.87. The molecule has 0 spiro atoms. The minimum Gasteiger partial charge on any atom is -0.494 e. The fourth-order valence-corrected chi connectivity index (χ4v) is 4.39. The van der Waals surface area contributed by atoms with E-state index in [9.17, 15) is 14.4 Å². The number of halogens is 1. The fourth-order valence-electron chi connectivity index (χ4n) is 4.14. The molecule has 0 saturated heterocycles. The number of amides is 3. The van der Waals surface area contributed by atoms with Crippen molar-refractivity contribution in [2.45, 2.75) is 52.7 Å². The highest BCUT2D eigenvalue weighted by Crippen LogP contribution is 2.31. The van der Waals surface area contributed by atoms with Gasteiger partial charge in [0.1, 0.15) is 11.8 Å². The number of fused-ring (bicyclic) bond motifs is 1. The van der Waals surface area contributed by atoms with Gasteiger partial charge >= 0.3 is 12.0 Å². The Balaban J connectivity index is 1.89. The van der Waals surface area contributed by atoms with Crippen molar-refractivity contribution >= 4 is 35.2 Å². The maximum absolute atomic E-state index is 13.7. The topological polar surface area (TPSA) is 88.2 Å². The first kappa shape index (κ1) is 27.3. The van der Waals surface area contributed by atoms with E-state index in [2.05, 4.69) is 5.32 Å². The van der Waals surface area contributed by atoms with Crippen LogP contribution in [0.4, 0.5) is 10.5 Å². The van der Waals surface area contributed by atoms with Crippen molar-refractivity contribution < 1.29 is 23.9 Å². The van der Waals surface area contributed by atoms with Crippen LogP contribution in [0.15, 0.2) is 42.5 Å². The van der Waals surface area contributed by atoms with Gasteiger partial charge in [-0.15, -0.1) is 0 Å². The average Bonchev–Trinajstić information content (AvgIpc) is 3.01. The highest BCUT2D eigenvalue weighted by atomic mass is 35.5. The average molecular weight is 516 g/mol. The molecule has 0 aromatic heterocycles. The Kier molecular flexibility index (Phi) is 9.20. The van der Waals surface area contributed by atoms with E-state index in [1.165, 1.54) is 7.11 Å². The number of nitrogens with one attached hydrogen (secondary N) is 1. The number of carbonyl (C=O) groups is 3. The lowest BCUT2D eigenvalue weighted by Crippen LogP contribution is -2.53. The first-order valence-electron chi connectivity index (χ1n) is 12.1. The van der Waals surface area contributed by atoms with Gasteiger partial charge in [-0.2, -0.15) is 0 Å². The fraction of sp³-hybridized carbons (Fsp3) is 0.444. The predicted octanol–water partition coefficient (Wildman–Crippen LogP) is 4.89. The Morgan fingerprint density at radius 2 is 1.89 bits per heavy atom. The third-order valence-corrected chi connectivity index (χ3v) is 6.47. The van der Waals surface area contributed by atoms with Crippen LogP contribution in [0, 0.1) is 5.92 Å². The number of hydrogen-bond acceptors (Lipinski definition) is 5. The largest absolute Gasteiger partial charge is 0.494 e. The molecule has 0 bridgehead atoms. The van der Waals surface area contributed by atoms with Gasteiger partial charge in [0.25, 0.3) is 5.91 Å². The minimum absolute atomic E-state index is 0.152. The molecular formula is C27H34ClN3O5. The van der Waals surface area contributed by atoms with Crippen LogP contribution in [0.2, 0.25) is 5.02 Å². The lowest BCUT2D eigenvalue weighted by atomic mass is 10.1. The summed E-state index contributed by atoms with van der Waals surface area (Å²) in [6.45, 7) is 8.65. The van der Waals surface area contributed by atoms with E-state index in [4.69, 9.17) is 21.1 Å². The van der Waals surface area contributed by atoms with Gasteiger partial charge in [-0.25, -0.2) is 9.59 Å². The number of esters is 1. The summed E-state index contributed by atoms with van der Waals surface area (Å²) in [5, 5.41) is 3.11. The SMILES string of the molecule is CCCOc1ccc(C(=O)N2C[C@@H](C)N(C(=O)N[C@H](C(=O)OC)C(C)C)Cc3ccccc32)c(Cl)c1. The molecule has 0 unspecified atom stereocenters. The van der Waals surface area contributed by atoms with Crippen molar-refractivity contribution in [3.05, 3.63) is 58.6 Å². The molecule has 194 valence electrons.